The third-order valence-corrected chi connectivity index (χ3v) is 4.75. The van der Waals surface area contributed by atoms with Crippen LogP contribution in [0.25, 0.3) is 0 Å². The van der Waals surface area contributed by atoms with E-state index in [9.17, 15) is 18.0 Å². The minimum absolute atomic E-state index is 0.0437. The Hall–Kier alpha value is -2.07. The minimum atomic E-state index is -4.80. The summed E-state index contributed by atoms with van der Waals surface area (Å²) in [5.41, 5.74) is -0.447. The van der Waals surface area contributed by atoms with Gasteiger partial charge in [-0.2, -0.15) is 15.1 Å². The number of hydrogen-bond acceptors (Lipinski definition) is 6. The molecule has 0 N–H and O–H groups in total. The molecule has 146 valence electrons. The second kappa shape index (κ2) is 7.89. The molecule has 0 spiro atoms. The molecule has 0 bridgehead atoms. The van der Waals surface area contributed by atoms with Gasteiger partial charge in [-0.15, -0.1) is 13.2 Å². The Bertz CT molecular complexity index is 853. The van der Waals surface area contributed by atoms with Gasteiger partial charge in [0.05, 0.1) is 29.7 Å². The maximum absolute atomic E-state index is 12.1. The summed E-state index contributed by atoms with van der Waals surface area (Å²) in [6.45, 7) is 0. The number of nitrogens with zero attached hydrogens (tertiary/aromatic N) is 4. The molecule has 0 amide bonds. The molecule has 0 aliphatic heterocycles. The van der Waals surface area contributed by atoms with E-state index in [1.807, 2.05) is 0 Å². The molecule has 7 nitrogen and oxygen atoms in total. The van der Waals surface area contributed by atoms with Crippen molar-refractivity contribution in [1.29, 1.82) is 0 Å². The van der Waals surface area contributed by atoms with Crippen molar-refractivity contribution in [2.75, 3.05) is 0 Å². The van der Waals surface area contributed by atoms with E-state index in [0.29, 0.717) is 25.7 Å². The lowest BCUT2D eigenvalue weighted by atomic mass is 9.93. The van der Waals surface area contributed by atoms with Crippen molar-refractivity contribution in [3.63, 3.8) is 0 Å². The lowest BCUT2D eigenvalue weighted by molar-refractivity contribution is -0.274. The minimum Gasteiger partial charge on any atom is -0.460 e. The average Bonchev–Trinajstić information content (AvgIpc) is 2.61. The van der Waals surface area contributed by atoms with Gasteiger partial charge in [0.2, 0.25) is 0 Å². The van der Waals surface area contributed by atoms with Crippen molar-refractivity contribution in [2.45, 2.75) is 44.2 Å². The van der Waals surface area contributed by atoms with E-state index >= 15 is 0 Å². The van der Waals surface area contributed by atoms with E-state index in [2.05, 4.69) is 19.8 Å². The summed E-state index contributed by atoms with van der Waals surface area (Å²) in [5.74, 6) is -0.524. The Morgan fingerprint density at radius 3 is 2.30 bits per heavy atom. The van der Waals surface area contributed by atoms with Crippen LogP contribution in [-0.2, 0) is 0 Å². The van der Waals surface area contributed by atoms with Crippen LogP contribution in [0, 0.1) is 0 Å². The van der Waals surface area contributed by atoms with Crippen LogP contribution in [0.15, 0.2) is 23.4 Å². The Labute approximate surface area is 161 Å². The molecular formula is C15H13Cl2F3N4O3. The van der Waals surface area contributed by atoms with Crippen molar-refractivity contribution in [1.82, 2.24) is 19.7 Å². The number of alkyl halides is 3. The first-order chi connectivity index (χ1) is 12.7. The van der Waals surface area contributed by atoms with Crippen LogP contribution in [0.5, 0.6) is 11.8 Å². The zero-order valence-corrected chi connectivity index (χ0v) is 15.1. The van der Waals surface area contributed by atoms with Gasteiger partial charge in [0.1, 0.15) is 11.1 Å². The van der Waals surface area contributed by atoms with Gasteiger partial charge >= 0.3 is 12.4 Å². The monoisotopic (exact) mass is 424 g/mol. The molecule has 0 radical (unpaired) electrons. The second-order valence-corrected chi connectivity index (χ2v) is 6.64. The van der Waals surface area contributed by atoms with E-state index in [4.69, 9.17) is 27.9 Å². The van der Waals surface area contributed by atoms with Crippen LogP contribution >= 0.6 is 23.2 Å². The van der Waals surface area contributed by atoms with Crippen molar-refractivity contribution in [3.8, 4) is 11.8 Å². The van der Waals surface area contributed by atoms with Crippen molar-refractivity contribution in [2.24, 2.45) is 0 Å². The van der Waals surface area contributed by atoms with Crippen molar-refractivity contribution < 1.29 is 22.6 Å². The quantitative estimate of drug-likeness (QED) is 0.742. The van der Waals surface area contributed by atoms with Gasteiger partial charge in [-0.05, 0) is 25.7 Å². The molecule has 2 heterocycles. The van der Waals surface area contributed by atoms with Crippen molar-refractivity contribution >= 4 is 23.2 Å². The molecule has 0 saturated heterocycles. The maximum Gasteiger partial charge on any atom is 0.573 e. The van der Waals surface area contributed by atoms with Crippen LogP contribution in [0.1, 0.15) is 31.7 Å². The second-order valence-electron chi connectivity index (χ2n) is 5.85. The van der Waals surface area contributed by atoms with Crippen molar-refractivity contribution in [3.05, 3.63) is 39.0 Å². The fraction of sp³-hybridized carbons (Fsp3) is 0.467. The molecule has 0 atom stereocenters. The first-order valence-electron chi connectivity index (χ1n) is 7.90. The molecule has 1 saturated carbocycles. The third-order valence-electron chi connectivity index (χ3n) is 4.00. The molecule has 12 heteroatoms. The molecule has 2 aromatic rings. The Balaban J connectivity index is 1.57. The van der Waals surface area contributed by atoms with Gasteiger partial charge in [-0.3, -0.25) is 4.79 Å². The zero-order valence-electron chi connectivity index (χ0n) is 13.6. The lowest BCUT2D eigenvalue weighted by Gasteiger charge is -2.28. The van der Waals surface area contributed by atoms with E-state index < -0.39 is 17.7 Å². The topological polar surface area (TPSA) is 79.1 Å². The largest absolute Gasteiger partial charge is 0.573 e. The highest BCUT2D eigenvalue weighted by Crippen LogP contribution is 2.30. The van der Waals surface area contributed by atoms with Crippen LogP contribution in [0.2, 0.25) is 10.0 Å². The van der Waals surface area contributed by atoms with Gasteiger partial charge in [-0.25, -0.2) is 4.68 Å². The highest BCUT2D eigenvalue weighted by atomic mass is 35.5. The predicted octanol–water partition coefficient (Wildman–Crippen LogP) is 3.80. The molecule has 1 aliphatic rings. The molecule has 0 unspecified atom stereocenters. The normalized spacial score (nSPS) is 20.3. The van der Waals surface area contributed by atoms with E-state index in [0.717, 1.165) is 12.4 Å². The molecule has 1 fully saturated rings. The zero-order chi connectivity index (χ0) is 19.6. The van der Waals surface area contributed by atoms with Gasteiger partial charge < -0.3 is 9.47 Å². The molecule has 2 aromatic heterocycles. The average molecular weight is 425 g/mol. The summed E-state index contributed by atoms with van der Waals surface area (Å²) in [5, 5.41) is 4.06. The van der Waals surface area contributed by atoms with Crippen LogP contribution < -0.4 is 15.0 Å². The van der Waals surface area contributed by atoms with E-state index in [-0.39, 0.29) is 28.2 Å². The van der Waals surface area contributed by atoms with Gasteiger partial charge in [-0.1, -0.05) is 23.2 Å². The standard InChI is InChI=1S/C15H13Cl2F3N4O3/c16-11-7-23-24(13(25)12(11)17)8-1-3-9(4-2-8)26-14-21-5-10(6-22-14)27-15(18,19)20/h5-9H,1-4H2. The first kappa shape index (κ1) is 19.7. The van der Waals surface area contributed by atoms with Gasteiger partial charge in [0, 0.05) is 0 Å². The molecule has 0 aromatic carbocycles. The summed E-state index contributed by atoms with van der Waals surface area (Å²) >= 11 is 11.6. The Morgan fingerprint density at radius 2 is 1.70 bits per heavy atom. The summed E-state index contributed by atoms with van der Waals surface area (Å²) in [7, 11) is 0. The summed E-state index contributed by atoms with van der Waals surface area (Å²) in [6, 6.07) is -0.187. The molecule has 1 aliphatic carbocycles. The highest BCUT2D eigenvalue weighted by molar-refractivity contribution is 6.41. The SMILES string of the molecule is O=c1c(Cl)c(Cl)cnn1C1CCC(Oc2ncc(OC(F)(F)F)cn2)CC1. The fourth-order valence-corrected chi connectivity index (χ4v) is 3.05. The molecular weight excluding hydrogens is 412 g/mol. The van der Waals surface area contributed by atoms with Gasteiger partial charge in [0.15, 0.2) is 5.75 Å². The summed E-state index contributed by atoms with van der Waals surface area (Å²) in [6.07, 6.45) is 0.449. The number of hydrogen-bond donors (Lipinski definition) is 0. The van der Waals surface area contributed by atoms with E-state index in [1.54, 1.807) is 0 Å². The fourth-order valence-electron chi connectivity index (χ4n) is 2.79. The van der Waals surface area contributed by atoms with E-state index in [1.165, 1.54) is 10.9 Å². The first-order valence-corrected chi connectivity index (χ1v) is 8.66. The van der Waals surface area contributed by atoms with Crippen LogP contribution in [-0.4, -0.2) is 32.2 Å². The number of aromatic nitrogens is 4. The number of halogens is 5. The smallest absolute Gasteiger partial charge is 0.460 e. The number of rotatable bonds is 4. The van der Waals surface area contributed by atoms with Gasteiger partial charge in [0.25, 0.3) is 5.56 Å². The summed E-state index contributed by atoms with van der Waals surface area (Å²) < 4.78 is 46.9. The highest BCUT2D eigenvalue weighted by Gasteiger charge is 2.31. The maximum atomic E-state index is 12.1. The predicted molar refractivity (Wildman–Crippen MR) is 89.2 cm³/mol. The third kappa shape index (κ3) is 5.01. The number of ether oxygens (including phenoxy) is 2. The van der Waals surface area contributed by atoms with Crippen LogP contribution in [0.4, 0.5) is 13.2 Å². The van der Waals surface area contributed by atoms with Crippen LogP contribution in [0.3, 0.4) is 0 Å². The molecule has 3 rings (SSSR count). The Morgan fingerprint density at radius 1 is 1.07 bits per heavy atom. The summed E-state index contributed by atoms with van der Waals surface area (Å²) in [4.78, 5) is 19.6. The lowest BCUT2D eigenvalue weighted by Crippen LogP contribution is -2.33. The molecule has 27 heavy (non-hydrogen) atoms. The Kier molecular flexibility index (Phi) is 5.75.